The monoisotopic (exact) mass is 430 g/mol. The molecule has 0 fully saturated rings. The van der Waals surface area contributed by atoms with Crippen molar-refractivity contribution in [2.75, 3.05) is 22.6 Å². The van der Waals surface area contributed by atoms with E-state index < -0.39 is 20.6 Å². The third-order valence-corrected chi connectivity index (χ3v) is 6.62. The molecule has 0 aliphatic carbocycles. The summed E-state index contributed by atoms with van der Waals surface area (Å²) < 4.78 is 27.9. The number of benzene rings is 1. The van der Waals surface area contributed by atoms with Gasteiger partial charge in [0.1, 0.15) is 16.3 Å². The van der Waals surface area contributed by atoms with E-state index >= 15 is 0 Å². The Kier molecular flexibility index (Phi) is 5.49. The molecule has 10 nitrogen and oxygen atoms in total. The molecule has 1 aromatic carbocycles. The minimum Gasteiger partial charge on any atom is -0.384 e. The van der Waals surface area contributed by atoms with Gasteiger partial charge in [-0.05, 0) is 45.0 Å². The first kappa shape index (κ1) is 21.2. The van der Waals surface area contributed by atoms with Gasteiger partial charge in [-0.15, -0.1) is 0 Å². The number of anilines is 3. The molecule has 0 saturated carbocycles. The number of nitrogens with two attached hydrogens (primary N) is 1. The molecular weight excluding hydrogens is 408 g/mol. The average Bonchev–Trinajstić information content (AvgIpc) is 3.05. The van der Waals surface area contributed by atoms with Crippen molar-refractivity contribution in [3.8, 4) is 11.4 Å². The molecule has 158 valence electrons. The number of nitrogens with zero attached hydrogens (tertiary/aromatic N) is 3. The number of sulfone groups is 1. The number of hydrogen-bond donors (Lipinski definition) is 3. The van der Waals surface area contributed by atoms with Gasteiger partial charge in [0.25, 0.3) is 0 Å². The van der Waals surface area contributed by atoms with E-state index in [9.17, 15) is 13.2 Å². The second-order valence-corrected chi connectivity index (χ2v) is 9.83. The van der Waals surface area contributed by atoms with E-state index in [2.05, 4.69) is 25.8 Å². The van der Waals surface area contributed by atoms with Crippen LogP contribution in [-0.4, -0.2) is 35.8 Å². The van der Waals surface area contributed by atoms with Crippen molar-refractivity contribution < 1.29 is 17.7 Å². The summed E-state index contributed by atoms with van der Waals surface area (Å²) in [7, 11) is -3.43. The van der Waals surface area contributed by atoms with Crippen LogP contribution in [0.4, 0.5) is 22.1 Å². The summed E-state index contributed by atoms with van der Waals surface area (Å²) in [4.78, 5) is 20.6. The molecule has 4 N–H and O–H groups in total. The van der Waals surface area contributed by atoms with Crippen molar-refractivity contribution in [1.82, 2.24) is 15.1 Å². The normalized spacial score (nSPS) is 11.9. The first-order valence-corrected chi connectivity index (χ1v) is 10.8. The number of aromatic nitrogens is 3. The van der Waals surface area contributed by atoms with Crippen LogP contribution < -0.4 is 16.4 Å². The molecule has 2 amide bonds. The number of nitrogens with one attached hydrogen (secondary N) is 2. The number of aryl methyl sites for hydroxylation is 1. The molecule has 0 aliphatic rings. The largest absolute Gasteiger partial charge is 0.384 e. The summed E-state index contributed by atoms with van der Waals surface area (Å²) in [5.74, 6) is 1.33. The van der Waals surface area contributed by atoms with Gasteiger partial charge in [0.15, 0.2) is 21.5 Å². The summed E-state index contributed by atoms with van der Waals surface area (Å²) in [6.45, 7) is 4.85. The van der Waals surface area contributed by atoms with Crippen LogP contribution >= 0.6 is 0 Å². The third kappa shape index (κ3) is 4.57. The summed E-state index contributed by atoms with van der Waals surface area (Å²) in [6.07, 6.45) is 1.15. The Bertz CT molecular complexity index is 1190. The van der Waals surface area contributed by atoms with Crippen LogP contribution in [0, 0.1) is 6.92 Å². The predicted molar refractivity (Wildman–Crippen MR) is 114 cm³/mol. The zero-order chi connectivity index (χ0) is 22.1. The number of rotatable bonds is 5. The van der Waals surface area contributed by atoms with Gasteiger partial charge in [-0.3, -0.25) is 5.32 Å². The van der Waals surface area contributed by atoms with E-state index in [-0.39, 0.29) is 11.6 Å². The zero-order valence-corrected chi connectivity index (χ0v) is 17.7. The molecule has 2 heterocycles. The number of carbonyl (C=O) groups excluding carboxylic acids is 1. The van der Waals surface area contributed by atoms with E-state index in [1.165, 1.54) is 6.07 Å². The molecule has 3 aromatic rings. The number of amides is 2. The Morgan fingerprint density at radius 2 is 1.77 bits per heavy atom. The van der Waals surface area contributed by atoms with E-state index in [0.717, 1.165) is 6.26 Å². The Morgan fingerprint density at radius 3 is 2.33 bits per heavy atom. The molecule has 2 aromatic heterocycles. The predicted octanol–water partition coefficient (Wildman–Crippen LogP) is 2.95. The van der Waals surface area contributed by atoms with Crippen LogP contribution in [0.25, 0.3) is 11.4 Å². The molecule has 0 radical (unpaired) electrons. The molecule has 11 heteroatoms. The van der Waals surface area contributed by atoms with Gasteiger partial charge < -0.3 is 15.6 Å². The van der Waals surface area contributed by atoms with E-state index in [0.29, 0.717) is 28.5 Å². The van der Waals surface area contributed by atoms with Crippen LogP contribution in [0.15, 0.2) is 40.9 Å². The van der Waals surface area contributed by atoms with Crippen LogP contribution in [0.1, 0.15) is 25.3 Å². The molecule has 0 atom stereocenters. The van der Waals surface area contributed by atoms with Gasteiger partial charge in [-0.1, -0.05) is 5.16 Å². The second kappa shape index (κ2) is 7.75. The molecule has 0 aliphatic heterocycles. The van der Waals surface area contributed by atoms with Crippen LogP contribution in [0.5, 0.6) is 0 Å². The lowest BCUT2D eigenvalue weighted by atomic mass is 10.1. The number of nitrogen functional groups attached to an aromatic ring is 1. The van der Waals surface area contributed by atoms with Crippen molar-refractivity contribution in [2.45, 2.75) is 25.5 Å². The highest BCUT2D eigenvalue weighted by atomic mass is 32.2. The summed E-state index contributed by atoms with van der Waals surface area (Å²) in [5, 5.41) is 8.91. The molecule has 0 spiro atoms. The molecule has 0 saturated heterocycles. The molecule has 30 heavy (non-hydrogen) atoms. The lowest BCUT2D eigenvalue weighted by Crippen LogP contribution is -2.29. The minimum atomic E-state index is -3.43. The summed E-state index contributed by atoms with van der Waals surface area (Å²) in [6, 6.07) is 9.29. The highest BCUT2D eigenvalue weighted by molar-refractivity contribution is 7.91. The van der Waals surface area contributed by atoms with Gasteiger partial charge >= 0.3 is 6.03 Å². The third-order valence-electron chi connectivity index (χ3n) is 4.56. The van der Waals surface area contributed by atoms with Crippen molar-refractivity contribution in [3.05, 3.63) is 47.9 Å². The van der Waals surface area contributed by atoms with Gasteiger partial charge in [-0.25, -0.2) is 23.2 Å². The lowest BCUT2D eigenvalue weighted by molar-refractivity contribution is 0.262. The Morgan fingerprint density at radius 1 is 1.10 bits per heavy atom. The fraction of sp³-hybridized carbons (Fsp3) is 0.263. The topological polar surface area (TPSA) is 153 Å². The Hall–Kier alpha value is -3.47. The first-order chi connectivity index (χ1) is 14.0. The van der Waals surface area contributed by atoms with Gasteiger partial charge in [0.05, 0.1) is 5.69 Å². The fourth-order valence-corrected chi connectivity index (χ4v) is 2.98. The molecule has 0 unspecified atom stereocenters. The van der Waals surface area contributed by atoms with Crippen molar-refractivity contribution in [2.24, 2.45) is 0 Å². The van der Waals surface area contributed by atoms with Gasteiger partial charge in [0.2, 0.25) is 0 Å². The lowest BCUT2D eigenvalue weighted by Gasteiger charge is -2.22. The van der Waals surface area contributed by atoms with Crippen molar-refractivity contribution in [3.63, 3.8) is 0 Å². The summed E-state index contributed by atoms with van der Waals surface area (Å²) in [5.41, 5.74) is 7.33. The maximum atomic E-state index is 12.1. The van der Waals surface area contributed by atoms with Gasteiger partial charge in [0, 0.05) is 29.6 Å². The molecular formula is C19H22N6O4S. The minimum absolute atomic E-state index is 0.163. The second-order valence-electron chi connectivity index (χ2n) is 7.26. The van der Waals surface area contributed by atoms with Gasteiger partial charge in [-0.2, -0.15) is 0 Å². The number of carbonyl (C=O) groups is 1. The zero-order valence-electron chi connectivity index (χ0n) is 16.9. The van der Waals surface area contributed by atoms with Crippen molar-refractivity contribution >= 4 is 33.2 Å². The quantitative estimate of drug-likeness (QED) is 0.558. The standard InChI is InChI=1S/C19H22N6O4S/c1-11-9-16(25-29-11)24-18(26)21-13-7-5-12(6-8-13)17-22-14(10-15(20)23-17)19(2,3)30(4,27)28/h5-10H,1-4H3,(H2,20,22,23)(H2,21,24,25,26). The summed E-state index contributed by atoms with van der Waals surface area (Å²) >= 11 is 0. The first-order valence-electron chi connectivity index (χ1n) is 8.92. The van der Waals surface area contributed by atoms with Crippen LogP contribution in [0.3, 0.4) is 0 Å². The highest BCUT2D eigenvalue weighted by Crippen LogP contribution is 2.30. The fourth-order valence-electron chi connectivity index (χ4n) is 2.50. The Labute approximate surface area is 173 Å². The molecule has 3 rings (SSSR count). The SMILES string of the molecule is Cc1cc(NC(=O)Nc2ccc(-c3nc(N)cc(C(C)(C)S(C)(=O)=O)n3)cc2)no1. The number of hydrogen-bond acceptors (Lipinski definition) is 8. The van der Waals surface area contributed by atoms with Crippen LogP contribution in [-0.2, 0) is 14.6 Å². The average molecular weight is 430 g/mol. The van der Waals surface area contributed by atoms with E-state index in [4.69, 9.17) is 10.3 Å². The highest BCUT2D eigenvalue weighted by Gasteiger charge is 2.34. The van der Waals surface area contributed by atoms with E-state index in [1.54, 1.807) is 51.1 Å². The van der Waals surface area contributed by atoms with Crippen molar-refractivity contribution in [1.29, 1.82) is 0 Å². The van der Waals surface area contributed by atoms with E-state index in [1.807, 2.05) is 0 Å². The number of urea groups is 1. The smallest absolute Gasteiger partial charge is 0.324 e. The maximum Gasteiger partial charge on any atom is 0.324 e. The molecule has 0 bridgehead atoms. The maximum absolute atomic E-state index is 12.1. The Balaban J connectivity index is 1.80. The van der Waals surface area contributed by atoms with Crippen LogP contribution in [0.2, 0.25) is 0 Å².